The first kappa shape index (κ1) is 12.0. The molecule has 0 saturated heterocycles. The van der Waals surface area contributed by atoms with Gasteiger partial charge in [0.15, 0.2) is 8.32 Å². The Morgan fingerprint density at radius 2 is 1.87 bits per heavy atom. The molecule has 15 heavy (non-hydrogen) atoms. The first-order chi connectivity index (χ1) is 7.03. The smallest absolute Gasteiger partial charge is 0.184 e. The molecule has 1 aromatic rings. The lowest BCUT2D eigenvalue weighted by molar-refractivity contribution is 0.203. The highest BCUT2D eigenvalue weighted by atomic mass is 28.4. The fourth-order valence-corrected chi connectivity index (χ4v) is 2.48. The van der Waals surface area contributed by atoms with Crippen LogP contribution in [-0.2, 0) is 4.43 Å². The summed E-state index contributed by atoms with van der Waals surface area (Å²) in [6.07, 6.45) is 0.358. The minimum atomic E-state index is -1.59. The lowest BCUT2D eigenvalue weighted by Gasteiger charge is -2.25. The van der Waals surface area contributed by atoms with Gasteiger partial charge in [-0.2, -0.15) is 5.26 Å². The van der Waals surface area contributed by atoms with Crippen LogP contribution in [0.5, 0.6) is 0 Å². The van der Waals surface area contributed by atoms with E-state index in [1.165, 1.54) is 0 Å². The Balaban J connectivity index is 2.80. The maximum atomic E-state index is 8.78. The Hall–Kier alpha value is -1.11. The summed E-state index contributed by atoms with van der Waals surface area (Å²) in [4.78, 5) is 0. The van der Waals surface area contributed by atoms with Gasteiger partial charge in [-0.3, -0.25) is 0 Å². The number of benzene rings is 1. The molecular weight excluding hydrogens is 202 g/mol. The minimum Gasteiger partial charge on any atom is -0.410 e. The highest BCUT2D eigenvalue weighted by Crippen LogP contribution is 2.24. The second-order valence-corrected chi connectivity index (χ2v) is 8.95. The van der Waals surface area contributed by atoms with Crippen molar-refractivity contribution in [2.45, 2.75) is 32.2 Å². The van der Waals surface area contributed by atoms with E-state index in [1.807, 2.05) is 30.3 Å². The van der Waals surface area contributed by atoms with Crippen molar-refractivity contribution in [1.82, 2.24) is 0 Å². The topological polar surface area (TPSA) is 33.0 Å². The van der Waals surface area contributed by atoms with E-state index in [0.29, 0.717) is 6.42 Å². The molecular formula is C12H17NOSi. The molecule has 0 bridgehead atoms. The molecule has 0 fully saturated rings. The van der Waals surface area contributed by atoms with Gasteiger partial charge in [0.05, 0.1) is 18.6 Å². The van der Waals surface area contributed by atoms with Gasteiger partial charge in [-0.1, -0.05) is 30.3 Å². The molecule has 0 saturated carbocycles. The highest BCUT2D eigenvalue weighted by molar-refractivity contribution is 6.69. The van der Waals surface area contributed by atoms with E-state index >= 15 is 0 Å². The monoisotopic (exact) mass is 219 g/mol. The Labute approximate surface area is 92.6 Å². The summed E-state index contributed by atoms with van der Waals surface area (Å²) in [5, 5.41) is 8.78. The largest absolute Gasteiger partial charge is 0.410 e. The molecule has 1 aromatic carbocycles. The fourth-order valence-electron chi connectivity index (χ4n) is 1.40. The van der Waals surface area contributed by atoms with Crippen molar-refractivity contribution in [3.05, 3.63) is 35.9 Å². The van der Waals surface area contributed by atoms with Gasteiger partial charge < -0.3 is 4.43 Å². The molecule has 0 aliphatic heterocycles. The Kier molecular flexibility index (Phi) is 4.07. The van der Waals surface area contributed by atoms with E-state index in [-0.39, 0.29) is 6.10 Å². The van der Waals surface area contributed by atoms with Crippen molar-refractivity contribution < 1.29 is 4.43 Å². The predicted octanol–water partition coefficient (Wildman–Crippen LogP) is 3.49. The number of nitriles is 1. The van der Waals surface area contributed by atoms with E-state index in [9.17, 15) is 0 Å². The average molecular weight is 219 g/mol. The molecule has 3 heteroatoms. The van der Waals surface area contributed by atoms with Crippen molar-refractivity contribution >= 4 is 8.32 Å². The minimum absolute atomic E-state index is 0.0668. The van der Waals surface area contributed by atoms with Gasteiger partial charge in [-0.25, -0.2) is 0 Å². The molecule has 0 heterocycles. The lowest BCUT2D eigenvalue weighted by Crippen LogP contribution is -2.27. The molecule has 0 spiro atoms. The SMILES string of the molecule is C[Si](C)(C)OC(CC#N)c1ccccc1. The van der Waals surface area contributed by atoms with Gasteiger partial charge in [0.1, 0.15) is 0 Å². The third-order valence-electron chi connectivity index (χ3n) is 1.94. The summed E-state index contributed by atoms with van der Waals surface area (Å²) < 4.78 is 5.98. The molecule has 0 radical (unpaired) electrons. The maximum Gasteiger partial charge on any atom is 0.184 e. The van der Waals surface area contributed by atoms with Gasteiger partial charge in [0.25, 0.3) is 0 Å². The maximum absolute atomic E-state index is 8.78. The Morgan fingerprint density at radius 3 is 2.33 bits per heavy atom. The third-order valence-corrected chi connectivity index (χ3v) is 2.94. The Bertz CT molecular complexity index is 337. The fraction of sp³-hybridized carbons (Fsp3) is 0.417. The second kappa shape index (κ2) is 5.10. The van der Waals surface area contributed by atoms with Crippen molar-refractivity contribution in [2.24, 2.45) is 0 Å². The van der Waals surface area contributed by atoms with Crippen LogP contribution in [0.1, 0.15) is 18.1 Å². The first-order valence-corrected chi connectivity index (χ1v) is 8.53. The van der Waals surface area contributed by atoms with Crippen LogP contribution in [0.25, 0.3) is 0 Å². The quantitative estimate of drug-likeness (QED) is 0.726. The van der Waals surface area contributed by atoms with Crippen LogP contribution in [0.15, 0.2) is 30.3 Å². The molecule has 80 valence electrons. The van der Waals surface area contributed by atoms with Gasteiger partial charge in [-0.05, 0) is 25.2 Å². The second-order valence-electron chi connectivity index (χ2n) is 4.49. The van der Waals surface area contributed by atoms with Gasteiger partial charge in [0.2, 0.25) is 0 Å². The molecule has 0 aliphatic carbocycles. The molecule has 0 amide bonds. The van der Waals surface area contributed by atoms with Crippen molar-refractivity contribution in [1.29, 1.82) is 5.26 Å². The Morgan fingerprint density at radius 1 is 1.27 bits per heavy atom. The van der Waals surface area contributed by atoms with E-state index in [4.69, 9.17) is 9.69 Å². The van der Waals surface area contributed by atoms with Crippen LogP contribution in [0.3, 0.4) is 0 Å². The van der Waals surface area contributed by atoms with Crippen LogP contribution in [0.2, 0.25) is 19.6 Å². The summed E-state index contributed by atoms with van der Waals surface area (Å²) in [5.41, 5.74) is 1.10. The zero-order valence-corrected chi connectivity index (χ0v) is 10.5. The molecule has 0 aliphatic rings. The van der Waals surface area contributed by atoms with Crippen molar-refractivity contribution in [3.8, 4) is 6.07 Å². The lowest BCUT2D eigenvalue weighted by atomic mass is 10.1. The molecule has 0 aromatic heterocycles. The van der Waals surface area contributed by atoms with Crippen LogP contribution in [0.4, 0.5) is 0 Å². The van der Waals surface area contributed by atoms with E-state index in [0.717, 1.165) is 5.56 Å². The molecule has 1 rings (SSSR count). The normalized spacial score (nSPS) is 13.2. The number of rotatable bonds is 4. The number of nitrogens with zero attached hydrogens (tertiary/aromatic N) is 1. The summed E-state index contributed by atoms with van der Waals surface area (Å²) in [6, 6.07) is 12.2. The zero-order chi connectivity index (χ0) is 11.3. The van der Waals surface area contributed by atoms with Crippen LogP contribution >= 0.6 is 0 Å². The predicted molar refractivity (Wildman–Crippen MR) is 63.8 cm³/mol. The van der Waals surface area contributed by atoms with E-state index in [1.54, 1.807) is 0 Å². The van der Waals surface area contributed by atoms with Crippen LogP contribution in [0, 0.1) is 11.3 Å². The summed E-state index contributed by atoms with van der Waals surface area (Å²) in [7, 11) is -1.59. The molecule has 2 nitrogen and oxygen atoms in total. The number of hydrogen-bond donors (Lipinski definition) is 0. The van der Waals surface area contributed by atoms with Crippen molar-refractivity contribution in [2.75, 3.05) is 0 Å². The zero-order valence-electron chi connectivity index (χ0n) is 9.53. The molecule has 1 unspecified atom stereocenters. The van der Waals surface area contributed by atoms with E-state index in [2.05, 4.69) is 25.7 Å². The van der Waals surface area contributed by atoms with Gasteiger partial charge in [0, 0.05) is 0 Å². The first-order valence-electron chi connectivity index (χ1n) is 5.12. The van der Waals surface area contributed by atoms with Gasteiger partial charge >= 0.3 is 0 Å². The standard InChI is InChI=1S/C12H17NOSi/c1-15(2,3)14-12(9-10-13)11-7-5-4-6-8-11/h4-8,12H,9H2,1-3H3. The molecule has 0 N–H and O–H groups in total. The third kappa shape index (κ3) is 4.28. The van der Waals surface area contributed by atoms with Gasteiger partial charge in [-0.15, -0.1) is 0 Å². The summed E-state index contributed by atoms with van der Waals surface area (Å²) >= 11 is 0. The van der Waals surface area contributed by atoms with Crippen LogP contribution in [-0.4, -0.2) is 8.32 Å². The van der Waals surface area contributed by atoms with E-state index < -0.39 is 8.32 Å². The highest BCUT2D eigenvalue weighted by Gasteiger charge is 2.21. The van der Waals surface area contributed by atoms with Crippen LogP contribution < -0.4 is 0 Å². The summed E-state index contributed by atoms with van der Waals surface area (Å²) in [5.74, 6) is 0. The number of hydrogen-bond acceptors (Lipinski definition) is 2. The summed E-state index contributed by atoms with van der Waals surface area (Å²) in [6.45, 7) is 6.42. The average Bonchev–Trinajstić information content (AvgIpc) is 2.17. The molecule has 1 atom stereocenters. The van der Waals surface area contributed by atoms with Crippen molar-refractivity contribution in [3.63, 3.8) is 0 Å².